The zero-order valence-corrected chi connectivity index (χ0v) is 12.5. The van der Waals surface area contributed by atoms with Gasteiger partial charge in [-0.25, -0.2) is 0 Å². The van der Waals surface area contributed by atoms with E-state index in [0.29, 0.717) is 5.92 Å². The van der Waals surface area contributed by atoms with Crippen molar-refractivity contribution in [3.05, 3.63) is 0 Å². The predicted octanol–water partition coefficient (Wildman–Crippen LogP) is 2.38. The maximum Gasteiger partial charge on any atom is 0.226 e. The van der Waals surface area contributed by atoms with E-state index in [4.69, 9.17) is 4.74 Å². The second-order valence-corrected chi connectivity index (χ2v) is 5.61. The molecule has 4 heteroatoms. The van der Waals surface area contributed by atoms with Crippen LogP contribution in [0.25, 0.3) is 0 Å². The molecular formula is C12H22INO2. The molecule has 3 atom stereocenters. The average Bonchev–Trinajstić information content (AvgIpc) is 2.72. The summed E-state index contributed by atoms with van der Waals surface area (Å²) in [5, 5.41) is 3.15. The molecule has 0 aromatic rings. The molecule has 0 bridgehead atoms. The molecule has 1 fully saturated rings. The molecule has 1 N–H and O–H groups in total. The van der Waals surface area contributed by atoms with Crippen LogP contribution in [-0.4, -0.2) is 29.1 Å². The Kier molecular flexibility index (Phi) is 6.03. The fourth-order valence-electron chi connectivity index (χ4n) is 2.02. The monoisotopic (exact) mass is 339 g/mol. The number of hydrogen-bond donors (Lipinski definition) is 1. The van der Waals surface area contributed by atoms with Gasteiger partial charge in [0.25, 0.3) is 0 Å². The van der Waals surface area contributed by atoms with Crippen LogP contribution in [-0.2, 0) is 9.53 Å². The van der Waals surface area contributed by atoms with Gasteiger partial charge >= 0.3 is 0 Å². The Morgan fingerprint density at radius 1 is 1.56 bits per heavy atom. The number of ether oxygens (including phenoxy) is 1. The minimum absolute atomic E-state index is 0.0641. The molecule has 0 spiro atoms. The molecule has 0 aromatic heterocycles. The van der Waals surface area contributed by atoms with Crippen LogP contribution in [0.3, 0.4) is 0 Å². The number of carbonyl (C=O) groups is 1. The lowest BCUT2D eigenvalue weighted by atomic mass is 9.97. The summed E-state index contributed by atoms with van der Waals surface area (Å²) >= 11 is 2.33. The zero-order valence-electron chi connectivity index (χ0n) is 10.3. The molecule has 1 saturated heterocycles. The zero-order chi connectivity index (χ0) is 12.1. The number of amides is 1. The van der Waals surface area contributed by atoms with Crippen molar-refractivity contribution in [3.63, 3.8) is 0 Å². The van der Waals surface area contributed by atoms with E-state index in [-0.39, 0.29) is 24.0 Å². The van der Waals surface area contributed by atoms with E-state index in [0.717, 1.165) is 23.9 Å². The second-order valence-electron chi connectivity index (χ2n) is 4.73. The normalized spacial score (nSPS) is 27.1. The van der Waals surface area contributed by atoms with Gasteiger partial charge in [-0.2, -0.15) is 0 Å². The summed E-state index contributed by atoms with van der Waals surface area (Å²) in [6.45, 7) is 7.10. The number of alkyl halides is 1. The van der Waals surface area contributed by atoms with Crippen molar-refractivity contribution in [2.24, 2.45) is 11.8 Å². The number of rotatable bonds is 5. The van der Waals surface area contributed by atoms with Gasteiger partial charge in [0.2, 0.25) is 5.91 Å². The molecule has 1 aliphatic rings. The molecule has 0 aromatic carbocycles. The first kappa shape index (κ1) is 14.2. The average molecular weight is 339 g/mol. The van der Waals surface area contributed by atoms with Gasteiger partial charge in [-0.3, -0.25) is 4.79 Å². The Balaban J connectivity index is 2.50. The van der Waals surface area contributed by atoms with Crippen LogP contribution in [0.15, 0.2) is 0 Å². The van der Waals surface area contributed by atoms with Crippen LogP contribution in [0, 0.1) is 11.8 Å². The topological polar surface area (TPSA) is 38.3 Å². The van der Waals surface area contributed by atoms with Gasteiger partial charge in [0, 0.05) is 17.1 Å². The minimum atomic E-state index is 0.0641. The SMILES string of the molecule is CCC1OCCC1C(=O)NC(CI)C(C)C. The first-order valence-corrected chi connectivity index (χ1v) is 7.60. The molecule has 0 saturated carbocycles. The second kappa shape index (κ2) is 6.79. The highest BCUT2D eigenvalue weighted by atomic mass is 127. The van der Waals surface area contributed by atoms with Crippen LogP contribution >= 0.6 is 22.6 Å². The summed E-state index contributed by atoms with van der Waals surface area (Å²) in [7, 11) is 0. The van der Waals surface area contributed by atoms with Crippen molar-refractivity contribution < 1.29 is 9.53 Å². The van der Waals surface area contributed by atoms with E-state index in [1.807, 2.05) is 0 Å². The Hall–Kier alpha value is 0.160. The third kappa shape index (κ3) is 3.58. The number of halogens is 1. The molecule has 3 nitrogen and oxygen atoms in total. The van der Waals surface area contributed by atoms with Crippen molar-refractivity contribution in [1.82, 2.24) is 5.32 Å². The van der Waals surface area contributed by atoms with Gasteiger partial charge in [-0.05, 0) is 18.8 Å². The van der Waals surface area contributed by atoms with E-state index >= 15 is 0 Å². The van der Waals surface area contributed by atoms with Crippen molar-refractivity contribution >= 4 is 28.5 Å². The van der Waals surface area contributed by atoms with Crippen molar-refractivity contribution in [1.29, 1.82) is 0 Å². The molecule has 0 aliphatic carbocycles. The van der Waals surface area contributed by atoms with E-state index in [1.165, 1.54) is 0 Å². The summed E-state index contributed by atoms with van der Waals surface area (Å²) in [4.78, 5) is 12.1. The van der Waals surface area contributed by atoms with Crippen LogP contribution < -0.4 is 5.32 Å². The van der Waals surface area contributed by atoms with Crippen LogP contribution in [0.4, 0.5) is 0 Å². The largest absolute Gasteiger partial charge is 0.377 e. The summed E-state index contributed by atoms with van der Waals surface area (Å²) in [5.74, 6) is 0.733. The molecule has 94 valence electrons. The molecule has 1 aliphatic heterocycles. The lowest BCUT2D eigenvalue weighted by molar-refractivity contribution is -0.127. The summed E-state index contributed by atoms with van der Waals surface area (Å²) < 4.78 is 6.51. The Bertz CT molecular complexity index is 233. The molecule has 1 heterocycles. The highest BCUT2D eigenvalue weighted by Gasteiger charge is 2.33. The summed E-state index contributed by atoms with van der Waals surface area (Å²) in [6.07, 6.45) is 1.92. The molecule has 1 amide bonds. The lowest BCUT2D eigenvalue weighted by Gasteiger charge is -2.23. The Labute approximate surface area is 112 Å². The Morgan fingerprint density at radius 2 is 2.25 bits per heavy atom. The van der Waals surface area contributed by atoms with Gasteiger partial charge < -0.3 is 10.1 Å². The molecule has 0 radical (unpaired) electrons. The fraction of sp³-hybridized carbons (Fsp3) is 0.917. The minimum Gasteiger partial charge on any atom is -0.377 e. The maximum atomic E-state index is 12.1. The quantitative estimate of drug-likeness (QED) is 0.617. The highest BCUT2D eigenvalue weighted by Crippen LogP contribution is 2.24. The molecule has 16 heavy (non-hydrogen) atoms. The number of carbonyl (C=O) groups excluding carboxylic acids is 1. The van der Waals surface area contributed by atoms with Gasteiger partial charge in [0.1, 0.15) is 0 Å². The first-order valence-electron chi connectivity index (χ1n) is 6.08. The van der Waals surface area contributed by atoms with Crippen LogP contribution in [0.5, 0.6) is 0 Å². The van der Waals surface area contributed by atoms with Crippen molar-refractivity contribution in [3.8, 4) is 0 Å². The molecular weight excluding hydrogens is 317 g/mol. The summed E-state index contributed by atoms with van der Waals surface area (Å²) in [5.41, 5.74) is 0. The van der Waals surface area contributed by atoms with Gasteiger partial charge in [-0.1, -0.05) is 43.4 Å². The van der Waals surface area contributed by atoms with Crippen molar-refractivity contribution in [2.45, 2.75) is 45.8 Å². The van der Waals surface area contributed by atoms with Crippen LogP contribution in [0.2, 0.25) is 0 Å². The van der Waals surface area contributed by atoms with E-state index < -0.39 is 0 Å². The van der Waals surface area contributed by atoms with Gasteiger partial charge in [0.05, 0.1) is 12.0 Å². The van der Waals surface area contributed by atoms with E-state index in [2.05, 4.69) is 48.7 Å². The Morgan fingerprint density at radius 3 is 2.75 bits per heavy atom. The highest BCUT2D eigenvalue weighted by molar-refractivity contribution is 14.1. The van der Waals surface area contributed by atoms with E-state index in [1.54, 1.807) is 0 Å². The van der Waals surface area contributed by atoms with Crippen LogP contribution in [0.1, 0.15) is 33.6 Å². The molecule has 3 unspecified atom stereocenters. The fourth-order valence-corrected chi connectivity index (χ4v) is 3.26. The lowest BCUT2D eigenvalue weighted by Crippen LogP contribution is -2.44. The third-order valence-electron chi connectivity index (χ3n) is 3.25. The number of nitrogens with one attached hydrogen (secondary N) is 1. The van der Waals surface area contributed by atoms with Gasteiger partial charge in [0.15, 0.2) is 0 Å². The first-order chi connectivity index (χ1) is 7.60. The number of hydrogen-bond acceptors (Lipinski definition) is 2. The van der Waals surface area contributed by atoms with Gasteiger partial charge in [-0.15, -0.1) is 0 Å². The maximum absolute atomic E-state index is 12.1. The third-order valence-corrected chi connectivity index (χ3v) is 4.20. The van der Waals surface area contributed by atoms with E-state index in [9.17, 15) is 4.79 Å². The van der Waals surface area contributed by atoms with Crippen molar-refractivity contribution in [2.75, 3.05) is 11.0 Å². The standard InChI is InChI=1S/C12H22INO2/c1-4-11-9(5-6-16-11)12(15)14-10(7-13)8(2)3/h8-11H,4-7H2,1-3H3,(H,14,15). The predicted molar refractivity (Wildman–Crippen MR) is 73.8 cm³/mol. The smallest absolute Gasteiger partial charge is 0.226 e. The summed E-state index contributed by atoms with van der Waals surface area (Å²) in [6, 6.07) is 0.284. The molecule has 1 rings (SSSR count).